The fraction of sp³-hybridized carbons (Fsp3) is 0.148. The fourth-order valence-electron chi connectivity index (χ4n) is 4.26. The van der Waals surface area contributed by atoms with Gasteiger partial charge in [-0.15, -0.1) is 0 Å². The molecule has 1 amide bonds. The minimum Gasteiger partial charge on any atom is -0.325 e. The second-order valence-electron chi connectivity index (χ2n) is 8.58. The van der Waals surface area contributed by atoms with Crippen molar-refractivity contribution in [2.75, 3.05) is 5.32 Å². The smallest absolute Gasteiger partial charge is 0.278 e. The lowest BCUT2D eigenvalue weighted by Gasteiger charge is -2.12. The number of rotatable bonds is 5. The average Bonchev–Trinajstić information content (AvgIpc) is 3.12. The molecule has 0 spiro atoms. The van der Waals surface area contributed by atoms with Gasteiger partial charge in [0.25, 0.3) is 5.56 Å². The van der Waals surface area contributed by atoms with Crippen molar-refractivity contribution in [2.24, 2.45) is 0 Å². The van der Waals surface area contributed by atoms with Crippen molar-refractivity contribution in [1.29, 1.82) is 0 Å². The Bertz CT molecular complexity index is 1670. The Balaban J connectivity index is 1.62. The first-order chi connectivity index (χ1) is 16.8. The van der Waals surface area contributed by atoms with Crippen LogP contribution in [-0.2, 0) is 17.9 Å². The third-order valence-corrected chi connectivity index (χ3v) is 6.42. The van der Waals surface area contributed by atoms with E-state index in [1.54, 1.807) is 16.7 Å². The number of aromatic nitrogens is 3. The van der Waals surface area contributed by atoms with Crippen molar-refractivity contribution in [3.8, 4) is 0 Å². The summed E-state index contributed by atoms with van der Waals surface area (Å²) in [6.07, 6.45) is 1.43. The molecule has 5 aromatic rings. The Morgan fingerprint density at radius 2 is 1.89 bits per heavy atom. The van der Waals surface area contributed by atoms with E-state index in [-0.39, 0.29) is 30.1 Å². The second kappa shape index (κ2) is 9.00. The van der Waals surface area contributed by atoms with Gasteiger partial charge < -0.3 is 9.88 Å². The first-order valence-electron chi connectivity index (χ1n) is 11.1. The minimum atomic E-state index is -0.446. The van der Waals surface area contributed by atoms with E-state index in [1.165, 1.54) is 23.0 Å². The first-order valence-corrected chi connectivity index (χ1v) is 11.5. The van der Waals surface area contributed by atoms with E-state index in [4.69, 9.17) is 11.6 Å². The molecule has 35 heavy (non-hydrogen) atoms. The molecule has 1 N–H and O–H groups in total. The van der Waals surface area contributed by atoms with Gasteiger partial charge in [0.15, 0.2) is 0 Å². The first kappa shape index (κ1) is 22.8. The summed E-state index contributed by atoms with van der Waals surface area (Å²) in [4.78, 5) is 31.1. The molecule has 176 valence electrons. The predicted molar refractivity (Wildman–Crippen MR) is 137 cm³/mol. The van der Waals surface area contributed by atoms with Gasteiger partial charge in [0.2, 0.25) is 5.91 Å². The van der Waals surface area contributed by atoms with Gasteiger partial charge in [0.05, 0.1) is 18.4 Å². The monoisotopic (exact) mass is 488 g/mol. The molecule has 0 fully saturated rings. The molecular weight excluding hydrogens is 467 g/mol. The zero-order valence-electron chi connectivity index (χ0n) is 19.2. The molecule has 2 aromatic heterocycles. The molecule has 0 aliphatic rings. The SMILES string of the molecule is Cc1ccc(C)c(NC(=O)Cn2c3ccc(F)cc3c3ncn(Cc4ccccc4Cl)c(=O)c32)c1. The zero-order valence-corrected chi connectivity index (χ0v) is 19.9. The molecular formula is C27H22ClFN4O2. The van der Waals surface area contributed by atoms with Gasteiger partial charge in [0, 0.05) is 16.1 Å². The lowest BCUT2D eigenvalue weighted by atomic mass is 10.1. The van der Waals surface area contributed by atoms with Gasteiger partial charge in [-0.25, -0.2) is 9.37 Å². The van der Waals surface area contributed by atoms with Crippen molar-refractivity contribution < 1.29 is 9.18 Å². The summed E-state index contributed by atoms with van der Waals surface area (Å²) in [5.74, 6) is -0.749. The number of nitrogens with zero attached hydrogens (tertiary/aromatic N) is 3. The van der Waals surface area contributed by atoms with Gasteiger partial charge in [-0.05, 0) is 60.9 Å². The van der Waals surface area contributed by atoms with Crippen LogP contribution in [0.25, 0.3) is 21.9 Å². The quantitative estimate of drug-likeness (QED) is 0.358. The summed E-state index contributed by atoms with van der Waals surface area (Å²) >= 11 is 6.29. The highest BCUT2D eigenvalue weighted by Gasteiger charge is 2.19. The number of carbonyl (C=O) groups is 1. The number of amides is 1. The lowest BCUT2D eigenvalue weighted by molar-refractivity contribution is -0.116. The van der Waals surface area contributed by atoms with E-state index < -0.39 is 5.82 Å². The maximum absolute atomic E-state index is 14.1. The van der Waals surface area contributed by atoms with Crippen molar-refractivity contribution in [1.82, 2.24) is 14.1 Å². The number of carbonyl (C=O) groups excluding carboxylic acids is 1. The Labute approximate surface area is 205 Å². The maximum Gasteiger partial charge on any atom is 0.278 e. The van der Waals surface area contributed by atoms with Gasteiger partial charge >= 0.3 is 0 Å². The summed E-state index contributed by atoms with van der Waals surface area (Å²) in [6.45, 7) is 3.94. The number of benzene rings is 3. The number of nitrogens with one attached hydrogen (secondary N) is 1. The Morgan fingerprint density at radius 1 is 1.09 bits per heavy atom. The summed E-state index contributed by atoms with van der Waals surface area (Å²) in [5, 5.41) is 3.94. The second-order valence-corrected chi connectivity index (χ2v) is 8.99. The Morgan fingerprint density at radius 3 is 2.69 bits per heavy atom. The molecule has 0 saturated heterocycles. The van der Waals surface area contributed by atoms with Crippen LogP contribution >= 0.6 is 11.6 Å². The van der Waals surface area contributed by atoms with Gasteiger partial charge in [0.1, 0.15) is 23.4 Å². The number of aryl methyl sites for hydroxylation is 2. The molecule has 0 bridgehead atoms. The van der Waals surface area contributed by atoms with E-state index in [9.17, 15) is 14.0 Å². The Hall–Kier alpha value is -3.97. The predicted octanol–water partition coefficient (Wildman–Crippen LogP) is 5.45. The fourth-order valence-corrected chi connectivity index (χ4v) is 4.46. The van der Waals surface area contributed by atoms with E-state index >= 15 is 0 Å². The lowest BCUT2D eigenvalue weighted by Crippen LogP contribution is -2.25. The van der Waals surface area contributed by atoms with Crippen LogP contribution in [0.15, 0.2) is 71.8 Å². The summed E-state index contributed by atoms with van der Waals surface area (Å²) in [6, 6.07) is 17.3. The van der Waals surface area contributed by atoms with E-state index in [2.05, 4.69) is 10.3 Å². The third kappa shape index (κ3) is 4.31. The molecule has 0 aliphatic heterocycles. The van der Waals surface area contributed by atoms with Gasteiger partial charge in [-0.3, -0.25) is 14.2 Å². The molecule has 0 unspecified atom stereocenters. The standard InChI is InChI=1S/C27H22ClFN4O2/c1-16-7-8-17(2)22(11-16)31-24(34)14-33-23-10-9-19(29)12-20(23)25-26(33)27(35)32(15-30-25)13-18-5-3-4-6-21(18)28/h3-12,15H,13-14H2,1-2H3,(H,31,34). The molecule has 0 aliphatic carbocycles. The molecule has 0 atom stereocenters. The summed E-state index contributed by atoms with van der Waals surface area (Å²) in [7, 11) is 0. The molecule has 2 heterocycles. The normalized spacial score (nSPS) is 11.3. The average molecular weight is 489 g/mol. The summed E-state index contributed by atoms with van der Waals surface area (Å²) in [5.41, 5.74) is 4.20. The van der Waals surface area contributed by atoms with Gasteiger partial charge in [-0.1, -0.05) is 41.9 Å². The topological polar surface area (TPSA) is 68.9 Å². The van der Waals surface area contributed by atoms with Crippen molar-refractivity contribution in [2.45, 2.75) is 26.9 Å². The van der Waals surface area contributed by atoms with E-state index in [1.807, 2.05) is 50.2 Å². The van der Waals surface area contributed by atoms with Gasteiger partial charge in [-0.2, -0.15) is 0 Å². The zero-order chi connectivity index (χ0) is 24.7. The number of halogens is 2. The van der Waals surface area contributed by atoms with Crippen LogP contribution in [-0.4, -0.2) is 20.0 Å². The molecule has 8 heteroatoms. The molecule has 0 saturated carbocycles. The summed E-state index contributed by atoms with van der Waals surface area (Å²) < 4.78 is 17.1. The van der Waals surface area contributed by atoms with Crippen LogP contribution < -0.4 is 10.9 Å². The van der Waals surface area contributed by atoms with Crippen LogP contribution in [0.3, 0.4) is 0 Å². The van der Waals surface area contributed by atoms with Crippen molar-refractivity contribution in [3.63, 3.8) is 0 Å². The molecule has 5 rings (SSSR count). The number of hydrogen-bond acceptors (Lipinski definition) is 3. The number of hydrogen-bond donors (Lipinski definition) is 1. The molecule has 6 nitrogen and oxygen atoms in total. The number of fused-ring (bicyclic) bond motifs is 3. The van der Waals surface area contributed by atoms with Crippen LogP contribution in [0.1, 0.15) is 16.7 Å². The van der Waals surface area contributed by atoms with E-state index in [0.717, 1.165) is 16.7 Å². The third-order valence-electron chi connectivity index (χ3n) is 6.06. The molecule has 3 aromatic carbocycles. The maximum atomic E-state index is 14.1. The number of anilines is 1. The largest absolute Gasteiger partial charge is 0.325 e. The van der Waals surface area contributed by atoms with Crippen molar-refractivity contribution >= 4 is 45.1 Å². The van der Waals surface area contributed by atoms with Crippen LogP contribution in [0.5, 0.6) is 0 Å². The van der Waals surface area contributed by atoms with Crippen molar-refractivity contribution in [3.05, 3.63) is 105 Å². The molecule has 0 radical (unpaired) electrons. The highest BCUT2D eigenvalue weighted by atomic mass is 35.5. The highest BCUT2D eigenvalue weighted by Crippen LogP contribution is 2.27. The van der Waals surface area contributed by atoms with Crippen LogP contribution in [0.4, 0.5) is 10.1 Å². The van der Waals surface area contributed by atoms with Crippen LogP contribution in [0.2, 0.25) is 5.02 Å². The highest BCUT2D eigenvalue weighted by molar-refractivity contribution is 6.31. The Kier molecular flexibility index (Phi) is 5.86. The van der Waals surface area contributed by atoms with E-state index in [0.29, 0.717) is 27.1 Å². The van der Waals surface area contributed by atoms with Crippen LogP contribution in [0, 0.1) is 19.7 Å². The minimum absolute atomic E-state index is 0.133.